The number of anilines is 1. The molecule has 0 spiro atoms. The minimum atomic E-state index is -0.369. The van der Waals surface area contributed by atoms with Gasteiger partial charge in [0.25, 0.3) is 11.8 Å². The Kier molecular flexibility index (Phi) is 6.75. The number of carbonyl (C=O) groups excluding carboxylic acids is 2. The zero-order chi connectivity index (χ0) is 33.8. The zero-order valence-electron chi connectivity index (χ0n) is 26.7. The molecular weight excluding hydrogens is 615 g/mol. The summed E-state index contributed by atoms with van der Waals surface area (Å²) in [5.74, 6) is -0.728. The SMILES string of the molecule is [C-]#[N+]c1ccc(-c2cccc3c4ccccc4n(-c4cccc5c4C(=O)N(c4c(-c6ccccc6)cccc4-c4ccccc4)C5=O)c23)cc1. The lowest BCUT2D eigenvalue weighted by Gasteiger charge is -2.23. The minimum absolute atomic E-state index is 0.358. The molecule has 1 aliphatic rings. The molecule has 0 unspecified atom stereocenters. The molecule has 1 aromatic heterocycles. The zero-order valence-corrected chi connectivity index (χ0v) is 26.7. The maximum absolute atomic E-state index is 15.1. The molecule has 0 fully saturated rings. The highest BCUT2D eigenvalue weighted by molar-refractivity contribution is 6.37. The van der Waals surface area contributed by atoms with E-state index in [1.54, 1.807) is 6.07 Å². The van der Waals surface area contributed by atoms with Gasteiger partial charge < -0.3 is 4.57 Å². The van der Waals surface area contributed by atoms with Crippen molar-refractivity contribution in [3.8, 4) is 39.1 Å². The van der Waals surface area contributed by atoms with Crippen molar-refractivity contribution in [1.29, 1.82) is 0 Å². The average Bonchev–Trinajstić information content (AvgIpc) is 3.65. The van der Waals surface area contributed by atoms with E-state index in [1.165, 1.54) is 4.90 Å². The van der Waals surface area contributed by atoms with Crippen molar-refractivity contribution in [2.75, 3.05) is 4.90 Å². The Labute approximate surface area is 288 Å². The first-order chi connectivity index (χ1) is 24.6. The topological polar surface area (TPSA) is 46.7 Å². The number of aromatic nitrogens is 1. The predicted molar refractivity (Wildman–Crippen MR) is 201 cm³/mol. The molecule has 0 radical (unpaired) electrons. The molecule has 2 amide bonds. The minimum Gasteiger partial charge on any atom is -0.308 e. The van der Waals surface area contributed by atoms with Crippen LogP contribution < -0.4 is 4.90 Å². The van der Waals surface area contributed by atoms with Gasteiger partial charge in [0.1, 0.15) is 0 Å². The predicted octanol–water partition coefficient (Wildman–Crippen LogP) is 11.1. The summed E-state index contributed by atoms with van der Waals surface area (Å²) in [5.41, 5.74) is 9.66. The number of amides is 2. The Morgan fingerprint density at radius 1 is 0.460 bits per heavy atom. The summed E-state index contributed by atoms with van der Waals surface area (Å²) < 4.78 is 2.12. The average molecular weight is 642 g/mol. The van der Waals surface area contributed by atoms with Crippen molar-refractivity contribution in [2.45, 2.75) is 0 Å². The summed E-state index contributed by atoms with van der Waals surface area (Å²) >= 11 is 0. The van der Waals surface area contributed by atoms with Crippen LogP contribution in [-0.2, 0) is 0 Å². The highest BCUT2D eigenvalue weighted by atomic mass is 16.2. The van der Waals surface area contributed by atoms with Gasteiger partial charge in [0.15, 0.2) is 5.69 Å². The van der Waals surface area contributed by atoms with Crippen molar-refractivity contribution in [2.24, 2.45) is 0 Å². The summed E-state index contributed by atoms with van der Waals surface area (Å²) in [6.07, 6.45) is 0. The molecule has 1 aliphatic heterocycles. The molecule has 50 heavy (non-hydrogen) atoms. The molecule has 234 valence electrons. The Balaban J connectivity index is 1.31. The highest BCUT2D eigenvalue weighted by Gasteiger charge is 2.41. The van der Waals surface area contributed by atoms with Gasteiger partial charge in [0, 0.05) is 27.5 Å². The van der Waals surface area contributed by atoms with Gasteiger partial charge in [-0.3, -0.25) is 9.59 Å². The number of hydrogen-bond acceptors (Lipinski definition) is 2. The first kappa shape index (κ1) is 29.1. The largest absolute Gasteiger partial charge is 0.308 e. The van der Waals surface area contributed by atoms with Crippen LogP contribution >= 0.6 is 0 Å². The van der Waals surface area contributed by atoms with E-state index in [9.17, 15) is 4.79 Å². The Morgan fingerprint density at radius 2 is 1.00 bits per heavy atom. The second kappa shape index (κ2) is 11.6. The molecule has 9 rings (SSSR count). The number of hydrogen-bond donors (Lipinski definition) is 0. The van der Waals surface area contributed by atoms with Gasteiger partial charge in [0.05, 0.1) is 40.1 Å². The van der Waals surface area contributed by atoms with Gasteiger partial charge >= 0.3 is 0 Å². The summed E-state index contributed by atoms with van der Waals surface area (Å²) in [5, 5.41) is 2.06. The first-order valence-corrected chi connectivity index (χ1v) is 16.4. The number of benzene rings is 7. The Morgan fingerprint density at radius 3 is 1.68 bits per heavy atom. The number of fused-ring (bicyclic) bond motifs is 4. The van der Waals surface area contributed by atoms with Crippen LogP contribution in [0, 0.1) is 6.57 Å². The van der Waals surface area contributed by atoms with E-state index in [1.807, 2.05) is 133 Å². The second-order valence-electron chi connectivity index (χ2n) is 12.3. The molecule has 0 bridgehead atoms. The first-order valence-electron chi connectivity index (χ1n) is 16.4. The molecule has 8 aromatic rings. The molecular formula is C45H27N3O2. The molecule has 0 saturated carbocycles. The molecule has 5 nitrogen and oxygen atoms in total. The number of para-hydroxylation sites is 3. The van der Waals surface area contributed by atoms with Crippen LogP contribution in [0.2, 0.25) is 0 Å². The van der Waals surface area contributed by atoms with Crippen LogP contribution in [0.25, 0.3) is 65.7 Å². The maximum atomic E-state index is 15.1. The normalized spacial score (nSPS) is 12.4. The summed E-state index contributed by atoms with van der Waals surface area (Å²) in [6, 6.07) is 53.1. The van der Waals surface area contributed by atoms with Crippen molar-refractivity contribution in [3.05, 3.63) is 186 Å². The lowest BCUT2D eigenvalue weighted by Crippen LogP contribution is -2.30. The third kappa shape index (κ3) is 4.40. The number of carbonyl (C=O) groups is 2. The van der Waals surface area contributed by atoms with E-state index in [0.29, 0.717) is 28.2 Å². The molecule has 5 heteroatoms. The molecule has 2 heterocycles. The van der Waals surface area contributed by atoms with Gasteiger partial charge in [-0.05, 0) is 34.9 Å². The van der Waals surface area contributed by atoms with Crippen LogP contribution in [0.5, 0.6) is 0 Å². The third-order valence-electron chi connectivity index (χ3n) is 9.57. The molecule has 0 atom stereocenters. The number of nitrogens with zero attached hydrogens (tertiary/aromatic N) is 3. The van der Waals surface area contributed by atoms with E-state index < -0.39 is 0 Å². The summed E-state index contributed by atoms with van der Waals surface area (Å²) in [6.45, 7) is 7.44. The standard InChI is InChI=1S/C45H27N3O2/c1-46-32-27-25-31(26-28-32)35-20-11-21-37-36-17-8-9-23-39(36)47(43(35)37)40-24-12-22-38-41(40)45(50)48(44(38)49)42-33(29-13-4-2-5-14-29)18-10-19-34(42)30-15-6-3-7-16-30/h2-28H. The lowest BCUT2D eigenvalue weighted by atomic mass is 9.95. The quantitative estimate of drug-likeness (QED) is 0.139. The van der Waals surface area contributed by atoms with Crippen molar-refractivity contribution in [3.63, 3.8) is 0 Å². The summed E-state index contributed by atoms with van der Waals surface area (Å²) in [4.78, 5) is 34.6. The molecule has 0 aliphatic carbocycles. The number of rotatable bonds is 5. The monoisotopic (exact) mass is 641 g/mol. The van der Waals surface area contributed by atoms with Gasteiger partial charge in [0.2, 0.25) is 0 Å². The maximum Gasteiger partial charge on any atom is 0.268 e. The Bertz CT molecular complexity index is 2630. The van der Waals surface area contributed by atoms with Crippen LogP contribution in [-0.4, -0.2) is 16.4 Å². The summed E-state index contributed by atoms with van der Waals surface area (Å²) in [7, 11) is 0. The van der Waals surface area contributed by atoms with Crippen molar-refractivity contribution >= 4 is 45.0 Å². The fourth-order valence-corrected chi connectivity index (χ4v) is 7.36. The number of imide groups is 1. The molecule has 0 saturated heterocycles. The van der Waals surface area contributed by atoms with Crippen LogP contribution in [0.3, 0.4) is 0 Å². The van der Waals surface area contributed by atoms with Crippen molar-refractivity contribution in [1.82, 2.24) is 4.57 Å². The molecule has 7 aromatic carbocycles. The second-order valence-corrected chi connectivity index (χ2v) is 12.3. The van der Waals surface area contributed by atoms with Crippen LogP contribution in [0.4, 0.5) is 11.4 Å². The highest BCUT2D eigenvalue weighted by Crippen LogP contribution is 2.45. The van der Waals surface area contributed by atoms with E-state index in [0.717, 1.165) is 55.2 Å². The lowest BCUT2D eigenvalue weighted by molar-refractivity contribution is 0.0926. The van der Waals surface area contributed by atoms with E-state index in [4.69, 9.17) is 6.57 Å². The fraction of sp³-hybridized carbons (Fsp3) is 0. The van der Waals surface area contributed by atoms with Gasteiger partial charge in [-0.1, -0.05) is 146 Å². The third-order valence-corrected chi connectivity index (χ3v) is 9.57. The van der Waals surface area contributed by atoms with Gasteiger partial charge in [-0.2, -0.15) is 0 Å². The fourth-order valence-electron chi connectivity index (χ4n) is 7.36. The van der Waals surface area contributed by atoms with E-state index >= 15 is 4.79 Å². The van der Waals surface area contributed by atoms with Gasteiger partial charge in [-0.25, -0.2) is 9.74 Å². The smallest absolute Gasteiger partial charge is 0.268 e. The van der Waals surface area contributed by atoms with Gasteiger partial charge in [-0.15, -0.1) is 0 Å². The van der Waals surface area contributed by atoms with E-state index in [-0.39, 0.29) is 11.8 Å². The van der Waals surface area contributed by atoms with Crippen LogP contribution in [0.15, 0.2) is 164 Å². The molecule has 0 N–H and O–H groups in total. The van der Waals surface area contributed by atoms with Crippen molar-refractivity contribution < 1.29 is 9.59 Å². The van der Waals surface area contributed by atoms with Crippen LogP contribution in [0.1, 0.15) is 20.7 Å². The van der Waals surface area contributed by atoms with E-state index in [2.05, 4.69) is 33.7 Å². The Hall–Kier alpha value is -7.03.